The van der Waals surface area contributed by atoms with Gasteiger partial charge in [0.1, 0.15) is 12.1 Å². The smallest absolute Gasteiger partial charge is 0.196 e. The van der Waals surface area contributed by atoms with E-state index in [4.69, 9.17) is 0 Å². The standard InChI is InChI=1S/C22H20N2O2/c1-5-7-22-8-6-17-20(2,3)19(26)15(13-24)10-21(17,4)18(22)9-16(25)14(11-22)12-23/h9-11,17H,6,8H2,1-4H3/t17-,21-,22-/m0/s1. The molecule has 0 bridgehead atoms. The number of hydrogen-bond acceptors (Lipinski definition) is 4. The predicted octanol–water partition coefficient (Wildman–Crippen LogP) is 3.43. The number of Topliss-reactive ketones (excluding diaryl/α,β-unsaturated/α-hetero) is 1. The van der Waals surface area contributed by atoms with Crippen molar-refractivity contribution >= 4 is 11.6 Å². The van der Waals surface area contributed by atoms with E-state index in [9.17, 15) is 20.1 Å². The third-order valence-electron chi connectivity index (χ3n) is 6.28. The summed E-state index contributed by atoms with van der Waals surface area (Å²) in [6.45, 7) is 7.48. The molecule has 4 heteroatoms. The summed E-state index contributed by atoms with van der Waals surface area (Å²) in [5, 5.41) is 18.8. The molecule has 130 valence electrons. The number of rotatable bonds is 0. The molecule has 0 unspecified atom stereocenters. The van der Waals surface area contributed by atoms with Gasteiger partial charge < -0.3 is 0 Å². The van der Waals surface area contributed by atoms with Crippen molar-refractivity contribution < 1.29 is 9.59 Å². The summed E-state index contributed by atoms with van der Waals surface area (Å²) in [5.41, 5.74) is -1.01. The summed E-state index contributed by atoms with van der Waals surface area (Å²) in [6.07, 6.45) is 6.30. The van der Waals surface area contributed by atoms with Gasteiger partial charge in [-0.25, -0.2) is 0 Å². The van der Waals surface area contributed by atoms with Crippen molar-refractivity contribution in [2.24, 2.45) is 22.2 Å². The van der Waals surface area contributed by atoms with Gasteiger partial charge in [0.05, 0.1) is 16.6 Å². The van der Waals surface area contributed by atoms with E-state index < -0.39 is 16.2 Å². The SMILES string of the molecule is CC#C[C@]12C=C(C#N)C(=O)C=C1[C@@]1(C)C=C(C#N)C(=O)C(C)(C)[C@@H]1CC2. The maximum atomic E-state index is 12.7. The Kier molecular flexibility index (Phi) is 3.82. The predicted molar refractivity (Wildman–Crippen MR) is 96.0 cm³/mol. The first-order valence-electron chi connectivity index (χ1n) is 8.68. The van der Waals surface area contributed by atoms with Crippen LogP contribution in [0.25, 0.3) is 0 Å². The maximum absolute atomic E-state index is 12.7. The molecule has 3 aliphatic rings. The van der Waals surface area contributed by atoms with Crippen LogP contribution in [-0.4, -0.2) is 11.6 Å². The van der Waals surface area contributed by atoms with Gasteiger partial charge in [-0.15, -0.1) is 5.92 Å². The van der Waals surface area contributed by atoms with Gasteiger partial charge in [0.15, 0.2) is 11.6 Å². The molecule has 0 N–H and O–H groups in total. The zero-order chi connectivity index (χ0) is 19.3. The highest BCUT2D eigenvalue weighted by Gasteiger charge is 2.59. The summed E-state index contributed by atoms with van der Waals surface area (Å²) >= 11 is 0. The van der Waals surface area contributed by atoms with Gasteiger partial charge in [-0.1, -0.05) is 32.8 Å². The fourth-order valence-electron chi connectivity index (χ4n) is 5.15. The molecule has 0 radical (unpaired) electrons. The van der Waals surface area contributed by atoms with E-state index >= 15 is 0 Å². The van der Waals surface area contributed by atoms with Crippen molar-refractivity contribution in [3.05, 3.63) is 34.9 Å². The minimum atomic E-state index is -0.705. The van der Waals surface area contributed by atoms with Crippen molar-refractivity contribution in [2.45, 2.75) is 40.5 Å². The quantitative estimate of drug-likeness (QED) is 0.630. The lowest BCUT2D eigenvalue weighted by atomic mass is 9.45. The van der Waals surface area contributed by atoms with Crippen LogP contribution in [-0.2, 0) is 9.59 Å². The van der Waals surface area contributed by atoms with Crippen LogP contribution in [0.3, 0.4) is 0 Å². The van der Waals surface area contributed by atoms with Crippen molar-refractivity contribution in [1.82, 2.24) is 0 Å². The Morgan fingerprint density at radius 2 is 1.73 bits per heavy atom. The fraction of sp³-hybridized carbons (Fsp3) is 0.455. The first kappa shape index (κ1) is 17.9. The van der Waals surface area contributed by atoms with Crippen LogP contribution >= 0.6 is 0 Å². The van der Waals surface area contributed by atoms with E-state index in [1.54, 1.807) is 19.1 Å². The Morgan fingerprint density at radius 3 is 2.31 bits per heavy atom. The van der Waals surface area contributed by atoms with E-state index in [1.807, 2.05) is 32.9 Å². The summed E-state index contributed by atoms with van der Waals surface area (Å²) in [7, 11) is 0. The molecule has 0 spiro atoms. The highest BCUT2D eigenvalue weighted by atomic mass is 16.1. The number of hydrogen-bond donors (Lipinski definition) is 0. The monoisotopic (exact) mass is 344 g/mol. The third kappa shape index (κ3) is 2.14. The van der Waals surface area contributed by atoms with E-state index in [2.05, 4.69) is 11.8 Å². The second-order valence-electron chi connectivity index (χ2n) is 8.03. The van der Waals surface area contributed by atoms with Crippen molar-refractivity contribution in [2.75, 3.05) is 0 Å². The number of ketones is 2. The van der Waals surface area contributed by atoms with Crippen LogP contribution in [0.4, 0.5) is 0 Å². The van der Waals surface area contributed by atoms with Crippen molar-refractivity contribution in [3.8, 4) is 24.0 Å². The molecule has 0 aromatic carbocycles. The van der Waals surface area contributed by atoms with Crippen LogP contribution in [0.2, 0.25) is 0 Å². The minimum Gasteiger partial charge on any atom is -0.293 e. The second kappa shape index (κ2) is 5.55. The normalized spacial score (nSPS) is 34.5. The van der Waals surface area contributed by atoms with Crippen LogP contribution in [0.1, 0.15) is 40.5 Å². The molecule has 3 aliphatic carbocycles. The van der Waals surface area contributed by atoms with Gasteiger partial charge in [0.25, 0.3) is 0 Å². The lowest BCUT2D eigenvalue weighted by Gasteiger charge is -2.56. The molecule has 0 amide bonds. The first-order chi connectivity index (χ1) is 12.2. The van der Waals surface area contributed by atoms with E-state index in [0.29, 0.717) is 6.42 Å². The fourth-order valence-corrected chi connectivity index (χ4v) is 5.15. The Balaban J connectivity index is 2.32. The lowest BCUT2D eigenvalue weighted by Crippen LogP contribution is -2.53. The molecular formula is C22H20N2O2. The number of nitriles is 2. The molecule has 26 heavy (non-hydrogen) atoms. The topological polar surface area (TPSA) is 81.7 Å². The third-order valence-corrected chi connectivity index (χ3v) is 6.28. The zero-order valence-corrected chi connectivity index (χ0v) is 15.4. The number of carbonyl (C=O) groups excluding carboxylic acids is 2. The van der Waals surface area contributed by atoms with Gasteiger partial charge >= 0.3 is 0 Å². The van der Waals surface area contributed by atoms with Gasteiger partial charge in [-0.3, -0.25) is 9.59 Å². The molecule has 3 atom stereocenters. The molecule has 0 aromatic heterocycles. The Bertz CT molecular complexity index is 968. The Labute approximate surface area is 153 Å². The number of carbonyl (C=O) groups is 2. The largest absolute Gasteiger partial charge is 0.293 e. The van der Waals surface area contributed by atoms with E-state index in [0.717, 1.165) is 12.0 Å². The molecule has 1 saturated carbocycles. The molecule has 0 saturated heterocycles. The first-order valence-corrected chi connectivity index (χ1v) is 8.68. The Morgan fingerprint density at radius 1 is 1.08 bits per heavy atom. The number of allylic oxidation sites excluding steroid dienone is 6. The maximum Gasteiger partial charge on any atom is 0.196 e. The molecule has 3 rings (SSSR count). The van der Waals surface area contributed by atoms with Gasteiger partial charge in [-0.05, 0) is 43.4 Å². The average Bonchev–Trinajstić information content (AvgIpc) is 2.59. The average molecular weight is 344 g/mol. The molecule has 0 heterocycles. The van der Waals surface area contributed by atoms with Gasteiger partial charge in [0, 0.05) is 10.8 Å². The van der Waals surface area contributed by atoms with Gasteiger partial charge in [-0.2, -0.15) is 10.5 Å². The highest BCUT2D eigenvalue weighted by Crippen LogP contribution is 2.63. The van der Waals surface area contributed by atoms with Crippen LogP contribution in [0.5, 0.6) is 0 Å². The summed E-state index contributed by atoms with van der Waals surface area (Å²) in [4.78, 5) is 25.2. The highest BCUT2D eigenvalue weighted by molar-refractivity contribution is 6.09. The number of fused-ring (bicyclic) bond motifs is 3. The Hall–Kier alpha value is -2.90. The van der Waals surface area contributed by atoms with Crippen molar-refractivity contribution in [3.63, 3.8) is 0 Å². The lowest BCUT2D eigenvalue weighted by molar-refractivity contribution is -0.130. The molecule has 4 nitrogen and oxygen atoms in total. The van der Waals surface area contributed by atoms with E-state index in [-0.39, 0.29) is 28.6 Å². The molecular weight excluding hydrogens is 324 g/mol. The zero-order valence-electron chi connectivity index (χ0n) is 15.4. The van der Waals surface area contributed by atoms with Crippen molar-refractivity contribution in [1.29, 1.82) is 10.5 Å². The number of nitrogens with zero attached hydrogens (tertiary/aromatic N) is 2. The summed E-state index contributed by atoms with van der Waals surface area (Å²) < 4.78 is 0. The summed E-state index contributed by atoms with van der Waals surface area (Å²) in [5.74, 6) is 5.65. The molecule has 0 aliphatic heterocycles. The van der Waals surface area contributed by atoms with E-state index in [1.165, 1.54) is 6.08 Å². The minimum absolute atomic E-state index is 0.0394. The van der Waals surface area contributed by atoms with Gasteiger partial charge in [0.2, 0.25) is 0 Å². The summed E-state index contributed by atoms with van der Waals surface area (Å²) in [6, 6.07) is 4.01. The molecule has 0 aromatic rings. The van der Waals surface area contributed by atoms with Crippen LogP contribution in [0, 0.1) is 56.7 Å². The molecule has 1 fully saturated rings. The van der Waals surface area contributed by atoms with Crippen LogP contribution in [0.15, 0.2) is 34.9 Å². The van der Waals surface area contributed by atoms with Crippen LogP contribution < -0.4 is 0 Å². The second-order valence-corrected chi connectivity index (χ2v) is 8.03.